The summed E-state index contributed by atoms with van der Waals surface area (Å²) in [6.45, 7) is 19.1. The van der Waals surface area contributed by atoms with Gasteiger partial charge in [0.05, 0.1) is 0 Å². The predicted octanol–water partition coefficient (Wildman–Crippen LogP) is 10.3. The monoisotopic (exact) mass is 552 g/mol. The fraction of sp³-hybridized carbons (Fsp3) is 0.538. The van der Waals surface area contributed by atoms with Gasteiger partial charge in [-0.25, -0.2) is 0 Å². The molecule has 2 aromatic rings. The molecule has 222 valence electrons. The molecule has 2 heteroatoms. The summed E-state index contributed by atoms with van der Waals surface area (Å²) in [6, 6.07) is 19.6. The third-order valence-electron chi connectivity index (χ3n) is 11.1. The highest BCUT2D eigenvalue weighted by Crippen LogP contribution is 2.62. The van der Waals surface area contributed by atoms with Crippen molar-refractivity contribution in [3.8, 4) is 11.1 Å². The topological polar surface area (TPSA) is 38.0 Å². The molecule has 4 rings (SSSR count). The molecule has 0 heterocycles. The Morgan fingerprint density at radius 2 is 1.63 bits per heavy atom. The average molecular weight is 553 g/mol. The van der Waals surface area contributed by atoms with Crippen molar-refractivity contribution in [1.82, 2.24) is 5.32 Å². The largest absolute Gasteiger partial charge is 0.385 e. The zero-order chi connectivity index (χ0) is 29.6. The molecule has 41 heavy (non-hydrogen) atoms. The highest BCUT2D eigenvalue weighted by atomic mass is 14.9. The van der Waals surface area contributed by atoms with E-state index in [0.29, 0.717) is 11.8 Å². The summed E-state index contributed by atoms with van der Waals surface area (Å²) in [5.74, 6) is 2.22. The number of fused-ring (bicyclic) bond motifs is 1. The van der Waals surface area contributed by atoms with Crippen LogP contribution in [0.2, 0.25) is 0 Å². The lowest BCUT2D eigenvalue weighted by Crippen LogP contribution is -2.52. The first-order chi connectivity index (χ1) is 19.6. The van der Waals surface area contributed by atoms with E-state index in [1.807, 2.05) is 0 Å². The second-order valence-electron chi connectivity index (χ2n) is 13.5. The molecule has 0 aliphatic heterocycles. The van der Waals surface area contributed by atoms with E-state index in [1.54, 1.807) is 0 Å². The Kier molecular flexibility index (Phi) is 10.4. The minimum atomic E-state index is 0.0313. The van der Waals surface area contributed by atoms with Gasteiger partial charge in [0, 0.05) is 17.8 Å². The van der Waals surface area contributed by atoms with Gasteiger partial charge in [0.15, 0.2) is 0 Å². The van der Waals surface area contributed by atoms with Crippen LogP contribution in [0.25, 0.3) is 16.7 Å². The van der Waals surface area contributed by atoms with Gasteiger partial charge in [-0.05, 0) is 121 Å². The molecule has 0 aromatic heterocycles. The predicted molar refractivity (Wildman–Crippen MR) is 179 cm³/mol. The number of benzene rings is 2. The minimum absolute atomic E-state index is 0.0313. The van der Waals surface area contributed by atoms with Crippen LogP contribution in [-0.2, 0) is 0 Å². The summed E-state index contributed by atoms with van der Waals surface area (Å²) in [6.07, 6.45) is 13.5. The van der Waals surface area contributed by atoms with Crippen LogP contribution >= 0.6 is 0 Å². The Labute approximate surface area is 251 Å². The van der Waals surface area contributed by atoms with E-state index >= 15 is 0 Å². The number of hydrogen-bond acceptors (Lipinski definition) is 2. The Morgan fingerprint density at radius 1 is 0.976 bits per heavy atom. The fourth-order valence-corrected chi connectivity index (χ4v) is 8.01. The lowest BCUT2D eigenvalue weighted by Gasteiger charge is -2.42. The van der Waals surface area contributed by atoms with Crippen molar-refractivity contribution < 1.29 is 0 Å². The lowest BCUT2D eigenvalue weighted by atomic mass is 9.67. The Balaban J connectivity index is 1.41. The molecule has 2 aliphatic rings. The second-order valence-corrected chi connectivity index (χ2v) is 13.5. The van der Waals surface area contributed by atoms with Crippen LogP contribution in [0, 0.1) is 23.2 Å². The van der Waals surface area contributed by atoms with Crippen molar-refractivity contribution >= 4 is 5.57 Å². The fourth-order valence-electron chi connectivity index (χ4n) is 8.01. The van der Waals surface area contributed by atoms with Crippen LogP contribution in [0.4, 0.5) is 0 Å². The van der Waals surface area contributed by atoms with Crippen molar-refractivity contribution in [2.24, 2.45) is 28.9 Å². The van der Waals surface area contributed by atoms with Gasteiger partial charge in [-0.3, -0.25) is 0 Å². The Morgan fingerprint density at radius 3 is 2.27 bits per heavy atom. The van der Waals surface area contributed by atoms with Crippen LogP contribution in [-0.4, -0.2) is 12.1 Å². The SMILES string of the molecule is C=C(C)/C(=C\C(C)=C(/CC)c1ccc(-c2ccccc2)cc1)NCCC1CC[C@]2(N)C(CCC(C)CC)CC[C@]12C. The van der Waals surface area contributed by atoms with Gasteiger partial charge >= 0.3 is 0 Å². The van der Waals surface area contributed by atoms with Crippen molar-refractivity contribution in [2.45, 2.75) is 105 Å². The van der Waals surface area contributed by atoms with Gasteiger partial charge < -0.3 is 11.1 Å². The molecule has 2 aromatic carbocycles. The van der Waals surface area contributed by atoms with Crippen molar-refractivity contribution in [1.29, 1.82) is 0 Å². The average Bonchev–Trinajstić information content (AvgIpc) is 3.38. The molecule has 0 spiro atoms. The first kappa shape index (κ1) is 31.4. The standard InChI is InChI=1S/C39H56N2/c1-8-29(5)15-20-35-21-24-38(7)34(22-25-39(35,38)40)23-26-41-37(28(3)4)27-30(6)36(9-2)33-18-16-32(17-19-33)31-13-11-10-12-14-31/h10-14,16-19,27,29,34-35,41H,3,8-9,15,20-26,40H2,1-2,4-7H3/b36-30+,37-27+/t29?,34?,35?,38-,39+/m1/s1. The van der Waals surface area contributed by atoms with E-state index in [1.165, 1.54) is 79.2 Å². The molecule has 3 unspecified atom stereocenters. The van der Waals surface area contributed by atoms with E-state index in [2.05, 4.69) is 114 Å². The normalized spacial score (nSPS) is 27.3. The van der Waals surface area contributed by atoms with E-state index < -0.39 is 0 Å². The van der Waals surface area contributed by atoms with E-state index in [4.69, 9.17) is 5.73 Å². The molecule has 3 N–H and O–H groups in total. The third kappa shape index (κ3) is 6.75. The van der Waals surface area contributed by atoms with Gasteiger partial charge in [-0.2, -0.15) is 0 Å². The zero-order valence-corrected chi connectivity index (χ0v) is 26.9. The first-order valence-electron chi connectivity index (χ1n) is 16.4. The molecular formula is C39H56N2. The first-order valence-corrected chi connectivity index (χ1v) is 16.4. The maximum Gasteiger partial charge on any atom is 0.0366 e. The molecule has 0 radical (unpaired) electrons. The van der Waals surface area contributed by atoms with Gasteiger partial charge in [-0.1, -0.05) is 102 Å². The van der Waals surface area contributed by atoms with Crippen LogP contribution in [0.1, 0.15) is 105 Å². The summed E-state index contributed by atoms with van der Waals surface area (Å²) in [4.78, 5) is 0. The van der Waals surface area contributed by atoms with E-state index in [9.17, 15) is 0 Å². The number of nitrogens with two attached hydrogens (primary N) is 1. The number of rotatable bonds is 13. The summed E-state index contributed by atoms with van der Waals surface area (Å²) >= 11 is 0. The van der Waals surface area contributed by atoms with Gasteiger partial charge in [-0.15, -0.1) is 0 Å². The van der Waals surface area contributed by atoms with Gasteiger partial charge in [0.1, 0.15) is 0 Å². The minimum Gasteiger partial charge on any atom is -0.385 e. The van der Waals surface area contributed by atoms with Crippen LogP contribution < -0.4 is 11.1 Å². The summed E-state index contributed by atoms with van der Waals surface area (Å²) in [5.41, 5.74) is 16.4. The Bertz CT molecular complexity index is 1220. The smallest absolute Gasteiger partial charge is 0.0366 e. The molecule has 5 atom stereocenters. The molecule has 2 aliphatic carbocycles. The maximum absolute atomic E-state index is 7.30. The molecular weight excluding hydrogens is 496 g/mol. The number of allylic oxidation sites excluding steroid dienone is 4. The van der Waals surface area contributed by atoms with Crippen LogP contribution in [0.5, 0.6) is 0 Å². The maximum atomic E-state index is 7.30. The summed E-state index contributed by atoms with van der Waals surface area (Å²) in [5, 5.41) is 3.79. The highest BCUT2D eigenvalue weighted by molar-refractivity contribution is 5.73. The molecule has 2 saturated carbocycles. The van der Waals surface area contributed by atoms with Gasteiger partial charge in [0.25, 0.3) is 0 Å². The van der Waals surface area contributed by atoms with E-state index in [-0.39, 0.29) is 11.0 Å². The second kappa shape index (κ2) is 13.6. The molecule has 2 fully saturated rings. The molecule has 2 nitrogen and oxygen atoms in total. The van der Waals surface area contributed by atoms with Gasteiger partial charge in [0.2, 0.25) is 0 Å². The number of hydrogen-bond donors (Lipinski definition) is 2. The molecule has 0 amide bonds. The van der Waals surface area contributed by atoms with Crippen molar-refractivity contribution in [2.75, 3.05) is 6.54 Å². The molecule has 0 saturated heterocycles. The van der Waals surface area contributed by atoms with Crippen LogP contribution in [0.3, 0.4) is 0 Å². The highest BCUT2D eigenvalue weighted by Gasteiger charge is 2.61. The molecule has 0 bridgehead atoms. The summed E-state index contributed by atoms with van der Waals surface area (Å²) < 4.78 is 0. The summed E-state index contributed by atoms with van der Waals surface area (Å²) in [7, 11) is 0. The number of nitrogens with one attached hydrogen (secondary N) is 1. The third-order valence-corrected chi connectivity index (χ3v) is 11.1. The van der Waals surface area contributed by atoms with E-state index in [0.717, 1.165) is 30.2 Å². The quantitative estimate of drug-likeness (QED) is 0.243. The van der Waals surface area contributed by atoms with Crippen molar-refractivity contribution in [3.05, 3.63) is 89.7 Å². The van der Waals surface area contributed by atoms with Crippen LogP contribution in [0.15, 0.2) is 84.1 Å². The Hall–Kier alpha value is -2.58. The lowest BCUT2D eigenvalue weighted by molar-refractivity contribution is 0.126. The zero-order valence-electron chi connectivity index (χ0n) is 26.9. The van der Waals surface area contributed by atoms with Crippen molar-refractivity contribution in [3.63, 3.8) is 0 Å².